The van der Waals surface area contributed by atoms with E-state index in [0.29, 0.717) is 17.9 Å². The summed E-state index contributed by atoms with van der Waals surface area (Å²) in [5.41, 5.74) is 4.79. The molecule has 19 heavy (non-hydrogen) atoms. The summed E-state index contributed by atoms with van der Waals surface area (Å²) in [6.07, 6.45) is 0. The second kappa shape index (κ2) is 6.02. The first-order chi connectivity index (χ1) is 9.22. The average Bonchev–Trinajstić information content (AvgIpc) is 2.46. The Bertz CT molecular complexity index is 582. The average molecular weight is 256 g/mol. The molecule has 3 N–H and O–H groups in total. The van der Waals surface area contributed by atoms with Crippen LogP contribution < -0.4 is 16.0 Å². The lowest BCUT2D eigenvalue weighted by Crippen LogP contribution is -2.30. The van der Waals surface area contributed by atoms with Gasteiger partial charge in [0, 0.05) is 0 Å². The number of hydrogen-bond donors (Lipinski definition) is 2. The zero-order valence-electron chi connectivity index (χ0n) is 10.7. The third-order valence-corrected chi connectivity index (χ3v) is 2.91. The maximum absolute atomic E-state index is 11.6. The molecule has 0 saturated heterocycles. The van der Waals surface area contributed by atoms with E-state index in [4.69, 9.17) is 10.6 Å². The van der Waals surface area contributed by atoms with Gasteiger partial charge < -0.3 is 4.74 Å². The van der Waals surface area contributed by atoms with Gasteiger partial charge in [0.25, 0.3) is 5.91 Å². The van der Waals surface area contributed by atoms with Crippen LogP contribution in [-0.2, 0) is 6.61 Å². The molecule has 0 aliphatic heterocycles. The normalized spacial score (nSPS) is 10.0. The molecule has 4 nitrogen and oxygen atoms in total. The first-order valence-electron chi connectivity index (χ1n) is 5.99. The van der Waals surface area contributed by atoms with Gasteiger partial charge in [-0.3, -0.25) is 10.2 Å². The third-order valence-electron chi connectivity index (χ3n) is 2.91. The van der Waals surface area contributed by atoms with Crippen molar-refractivity contribution in [2.45, 2.75) is 13.5 Å². The standard InChI is InChI=1S/C15H16N2O2/c1-11-6-2-3-7-12(11)10-19-14-9-5-4-8-13(14)15(18)17-16/h2-9H,10,16H2,1H3,(H,17,18). The van der Waals surface area contributed by atoms with Crippen LogP contribution in [0.4, 0.5) is 0 Å². The molecule has 1 amide bonds. The number of nitrogens with two attached hydrogens (primary N) is 1. The van der Waals surface area contributed by atoms with E-state index in [-0.39, 0.29) is 5.91 Å². The number of hydrazine groups is 1. The summed E-state index contributed by atoms with van der Waals surface area (Å²) in [6.45, 7) is 2.44. The van der Waals surface area contributed by atoms with Crippen LogP contribution in [0.2, 0.25) is 0 Å². The van der Waals surface area contributed by atoms with E-state index < -0.39 is 0 Å². The van der Waals surface area contributed by atoms with Crippen LogP contribution in [0.1, 0.15) is 21.5 Å². The lowest BCUT2D eigenvalue weighted by Gasteiger charge is -2.11. The Morgan fingerprint density at radius 2 is 1.84 bits per heavy atom. The van der Waals surface area contributed by atoms with Crippen LogP contribution in [0.15, 0.2) is 48.5 Å². The van der Waals surface area contributed by atoms with Gasteiger partial charge >= 0.3 is 0 Å². The van der Waals surface area contributed by atoms with Gasteiger partial charge in [-0.05, 0) is 30.2 Å². The van der Waals surface area contributed by atoms with E-state index >= 15 is 0 Å². The molecular weight excluding hydrogens is 240 g/mol. The molecule has 0 fully saturated rings. The number of benzene rings is 2. The number of amides is 1. The largest absolute Gasteiger partial charge is 0.488 e. The van der Waals surface area contributed by atoms with Crippen molar-refractivity contribution < 1.29 is 9.53 Å². The Morgan fingerprint density at radius 3 is 2.58 bits per heavy atom. The molecule has 0 atom stereocenters. The number of aryl methyl sites for hydroxylation is 1. The van der Waals surface area contributed by atoms with E-state index in [0.717, 1.165) is 11.1 Å². The summed E-state index contributed by atoms with van der Waals surface area (Å²) in [4.78, 5) is 11.6. The highest BCUT2D eigenvalue weighted by atomic mass is 16.5. The number of ether oxygens (including phenoxy) is 1. The lowest BCUT2D eigenvalue weighted by atomic mass is 10.1. The first-order valence-corrected chi connectivity index (χ1v) is 5.99. The topological polar surface area (TPSA) is 64.3 Å². The molecule has 0 heterocycles. The van der Waals surface area contributed by atoms with Crippen molar-refractivity contribution in [3.63, 3.8) is 0 Å². The maximum atomic E-state index is 11.6. The Hall–Kier alpha value is -2.33. The smallest absolute Gasteiger partial charge is 0.268 e. The summed E-state index contributed by atoms with van der Waals surface area (Å²) in [6, 6.07) is 15.0. The monoisotopic (exact) mass is 256 g/mol. The molecular formula is C15H16N2O2. The molecule has 0 aliphatic carbocycles. The fraction of sp³-hybridized carbons (Fsp3) is 0.133. The van der Waals surface area contributed by atoms with Gasteiger partial charge in [-0.15, -0.1) is 0 Å². The highest BCUT2D eigenvalue weighted by Gasteiger charge is 2.10. The first kappa shape index (κ1) is 13.1. The summed E-state index contributed by atoms with van der Waals surface area (Å²) in [7, 11) is 0. The minimum atomic E-state index is -0.361. The van der Waals surface area contributed by atoms with Gasteiger partial charge in [-0.1, -0.05) is 36.4 Å². The van der Waals surface area contributed by atoms with Crippen molar-refractivity contribution in [1.82, 2.24) is 5.43 Å². The van der Waals surface area contributed by atoms with Gasteiger partial charge in [-0.25, -0.2) is 5.84 Å². The van der Waals surface area contributed by atoms with Crippen LogP contribution in [0.5, 0.6) is 5.75 Å². The fourth-order valence-corrected chi connectivity index (χ4v) is 1.79. The predicted octanol–water partition coefficient (Wildman–Crippen LogP) is 2.18. The molecule has 0 radical (unpaired) electrons. The van der Waals surface area contributed by atoms with Crippen LogP contribution in [0, 0.1) is 6.92 Å². The van der Waals surface area contributed by atoms with Crippen molar-refractivity contribution in [2.24, 2.45) is 5.84 Å². The Kier molecular flexibility index (Phi) is 4.15. The van der Waals surface area contributed by atoms with Gasteiger partial charge in [0.2, 0.25) is 0 Å². The van der Waals surface area contributed by atoms with E-state index in [1.54, 1.807) is 18.2 Å². The van der Waals surface area contributed by atoms with Crippen LogP contribution in [-0.4, -0.2) is 5.91 Å². The van der Waals surface area contributed by atoms with E-state index in [1.165, 1.54) is 0 Å². The highest BCUT2D eigenvalue weighted by molar-refractivity contribution is 5.96. The molecule has 0 aromatic heterocycles. The third kappa shape index (κ3) is 3.11. The van der Waals surface area contributed by atoms with Crippen LogP contribution >= 0.6 is 0 Å². The number of rotatable bonds is 4. The van der Waals surface area contributed by atoms with Crippen LogP contribution in [0.25, 0.3) is 0 Å². The maximum Gasteiger partial charge on any atom is 0.268 e. The summed E-state index contributed by atoms with van der Waals surface area (Å²) < 4.78 is 5.71. The number of nitrogen functional groups attached to an aromatic ring is 1. The Morgan fingerprint density at radius 1 is 1.16 bits per heavy atom. The van der Waals surface area contributed by atoms with E-state index in [1.807, 2.05) is 37.3 Å². The number of carbonyl (C=O) groups excluding carboxylic acids is 1. The fourth-order valence-electron chi connectivity index (χ4n) is 1.79. The van der Waals surface area contributed by atoms with Gasteiger partial charge in [0.1, 0.15) is 12.4 Å². The lowest BCUT2D eigenvalue weighted by molar-refractivity contribution is 0.0949. The Balaban J connectivity index is 2.16. The van der Waals surface area contributed by atoms with Crippen molar-refractivity contribution in [3.8, 4) is 5.75 Å². The zero-order valence-corrected chi connectivity index (χ0v) is 10.7. The zero-order chi connectivity index (χ0) is 13.7. The number of hydrogen-bond acceptors (Lipinski definition) is 3. The summed E-state index contributed by atoms with van der Waals surface area (Å²) in [5, 5.41) is 0. The highest BCUT2D eigenvalue weighted by Crippen LogP contribution is 2.19. The van der Waals surface area contributed by atoms with E-state index in [9.17, 15) is 4.79 Å². The van der Waals surface area contributed by atoms with Crippen molar-refractivity contribution >= 4 is 5.91 Å². The molecule has 2 aromatic rings. The van der Waals surface area contributed by atoms with Crippen molar-refractivity contribution in [2.75, 3.05) is 0 Å². The van der Waals surface area contributed by atoms with Crippen molar-refractivity contribution in [3.05, 3.63) is 65.2 Å². The number of para-hydroxylation sites is 1. The minimum Gasteiger partial charge on any atom is -0.488 e. The molecule has 98 valence electrons. The second-order valence-corrected chi connectivity index (χ2v) is 4.18. The molecule has 0 spiro atoms. The molecule has 2 rings (SSSR count). The predicted molar refractivity (Wildman–Crippen MR) is 73.6 cm³/mol. The SMILES string of the molecule is Cc1ccccc1COc1ccccc1C(=O)NN. The summed E-state index contributed by atoms with van der Waals surface area (Å²) >= 11 is 0. The molecule has 0 saturated carbocycles. The van der Waals surface area contributed by atoms with E-state index in [2.05, 4.69) is 5.43 Å². The van der Waals surface area contributed by atoms with Crippen molar-refractivity contribution in [1.29, 1.82) is 0 Å². The minimum absolute atomic E-state index is 0.361. The number of carbonyl (C=O) groups is 1. The van der Waals surface area contributed by atoms with Gasteiger partial charge in [0.15, 0.2) is 0 Å². The van der Waals surface area contributed by atoms with Gasteiger partial charge in [0.05, 0.1) is 5.56 Å². The molecule has 0 bridgehead atoms. The molecule has 2 aromatic carbocycles. The molecule has 4 heteroatoms. The second-order valence-electron chi connectivity index (χ2n) is 4.18. The summed E-state index contributed by atoms with van der Waals surface area (Å²) in [5.74, 6) is 5.31. The Labute approximate surface area is 112 Å². The van der Waals surface area contributed by atoms with Crippen LogP contribution in [0.3, 0.4) is 0 Å². The number of nitrogens with one attached hydrogen (secondary N) is 1. The quantitative estimate of drug-likeness (QED) is 0.500. The molecule has 0 aliphatic rings. The molecule has 0 unspecified atom stereocenters. The van der Waals surface area contributed by atoms with Gasteiger partial charge in [-0.2, -0.15) is 0 Å².